The van der Waals surface area contributed by atoms with Crippen LogP contribution in [0, 0.1) is 6.92 Å². The van der Waals surface area contributed by atoms with Crippen molar-refractivity contribution in [1.29, 1.82) is 0 Å². The molecule has 0 amide bonds. The molecule has 0 saturated heterocycles. The SMILES string of the molecule is C=C(C)/C=C(C)\C(=C/C)NC1CCc2cccc(-c3cccc(-n4ncc(C)c4C(F)(F)F)n3)c21. The highest BCUT2D eigenvalue weighted by Gasteiger charge is 2.38. The highest BCUT2D eigenvalue weighted by Crippen LogP contribution is 2.39. The number of nitrogens with one attached hydrogen (secondary N) is 1. The molecule has 0 spiro atoms. The zero-order chi connectivity index (χ0) is 25.3. The van der Waals surface area contributed by atoms with E-state index in [0.29, 0.717) is 5.69 Å². The second-order valence-corrected chi connectivity index (χ2v) is 8.96. The Morgan fingerprint density at radius 2 is 1.91 bits per heavy atom. The maximum absolute atomic E-state index is 13.7. The van der Waals surface area contributed by atoms with Crippen molar-refractivity contribution in [1.82, 2.24) is 20.1 Å². The molecule has 1 aliphatic rings. The molecule has 2 aromatic heterocycles. The van der Waals surface area contributed by atoms with Crippen LogP contribution in [0.4, 0.5) is 13.2 Å². The molecular weight excluding hydrogens is 449 g/mol. The monoisotopic (exact) mass is 478 g/mol. The van der Waals surface area contributed by atoms with E-state index in [1.807, 2.05) is 51.1 Å². The Kier molecular flexibility index (Phi) is 6.70. The second-order valence-electron chi connectivity index (χ2n) is 8.96. The fraction of sp³-hybridized carbons (Fsp3) is 0.286. The molecule has 1 atom stereocenters. The Morgan fingerprint density at radius 3 is 2.60 bits per heavy atom. The Labute approximate surface area is 203 Å². The Hall–Kier alpha value is -3.61. The number of fused-ring (bicyclic) bond motifs is 1. The van der Waals surface area contributed by atoms with Crippen LogP contribution < -0.4 is 5.32 Å². The van der Waals surface area contributed by atoms with Gasteiger partial charge in [-0.05, 0) is 74.9 Å². The number of nitrogens with zero attached hydrogens (tertiary/aromatic N) is 3. The van der Waals surface area contributed by atoms with Gasteiger partial charge in [0.2, 0.25) is 0 Å². The van der Waals surface area contributed by atoms with Crippen LogP contribution in [-0.4, -0.2) is 14.8 Å². The number of aryl methyl sites for hydroxylation is 2. The first kappa shape index (κ1) is 24.5. The van der Waals surface area contributed by atoms with Crippen molar-refractivity contribution < 1.29 is 13.2 Å². The molecule has 3 aromatic rings. The van der Waals surface area contributed by atoms with Gasteiger partial charge < -0.3 is 5.32 Å². The molecule has 1 unspecified atom stereocenters. The first-order chi connectivity index (χ1) is 16.6. The van der Waals surface area contributed by atoms with E-state index in [1.54, 1.807) is 12.1 Å². The van der Waals surface area contributed by atoms with Crippen LogP contribution in [0.5, 0.6) is 0 Å². The average Bonchev–Trinajstić information content (AvgIpc) is 3.40. The van der Waals surface area contributed by atoms with E-state index in [2.05, 4.69) is 28.0 Å². The van der Waals surface area contributed by atoms with E-state index in [1.165, 1.54) is 18.7 Å². The van der Waals surface area contributed by atoms with Gasteiger partial charge in [0.25, 0.3) is 0 Å². The van der Waals surface area contributed by atoms with Crippen LogP contribution in [0.1, 0.15) is 55.6 Å². The summed E-state index contributed by atoms with van der Waals surface area (Å²) < 4.78 is 41.9. The number of hydrogen-bond acceptors (Lipinski definition) is 3. The number of benzene rings is 1. The third-order valence-electron chi connectivity index (χ3n) is 6.20. The Morgan fingerprint density at radius 1 is 1.17 bits per heavy atom. The fourth-order valence-corrected chi connectivity index (χ4v) is 4.75. The lowest BCUT2D eigenvalue weighted by atomic mass is 9.97. The number of hydrogen-bond donors (Lipinski definition) is 1. The summed E-state index contributed by atoms with van der Waals surface area (Å²) in [4.78, 5) is 4.62. The van der Waals surface area contributed by atoms with E-state index in [-0.39, 0.29) is 17.4 Å². The van der Waals surface area contributed by atoms with Crippen LogP contribution in [0.15, 0.2) is 78.2 Å². The van der Waals surface area contributed by atoms with Crippen LogP contribution >= 0.6 is 0 Å². The predicted octanol–water partition coefficient (Wildman–Crippen LogP) is 7.26. The standard InChI is InChI=1S/C28H29F3N4/c1-6-22(18(4)15-17(2)3)33-24-14-13-20-9-7-10-21(26(20)24)23-11-8-12-25(34-23)35-27(28(29,30)31)19(5)16-32-35/h6-12,15-16,24,33H,2,13-14H2,1,3-5H3/b18-15-,22-6+. The summed E-state index contributed by atoms with van der Waals surface area (Å²) in [5.41, 5.74) is 6.24. The molecule has 182 valence electrons. The van der Waals surface area contributed by atoms with Gasteiger partial charge in [-0.15, -0.1) is 0 Å². The molecule has 0 aliphatic heterocycles. The second kappa shape index (κ2) is 9.56. The van der Waals surface area contributed by atoms with Gasteiger partial charge in [0, 0.05) is 11.3 Å². The zero-order valence-corrected chi connectivity index (χ0v) is 20.4. The van der Waals surface area contributed by atoms with Crippen LogP contribution in [0.2, 0.25) is 0 Å². The minimum atomic E-state index is -4.53. The largest absolute Gasteiger partial charge is 0.433 e. The van der Waals surface area contributed by atoms with Crippen LogP contribution in [-0.2, 0) is 12.6 Å². The van der Waals surface area contributed by atoms with Gasteiger partial charge in [0.15, 0.2) is 11.5 Å². The number of pyridine rings is 1. The number of allylic oxidation sites excluding steroid dienone is 4. The van der Waals surface area contributed by atoms with E-state index >= 15 is 0 Å². The lowest BCUT2D eigenvalue weighted by Gasteiger charge is -2.21. The van der Waals surface area contributed by atoms with Gasteiger partial charge in [-0.1, -0.05) is 48.6 Å². The lowest BCUT2D eigenvalue weighted by molar-refractivity contribution is -0.143. The van der Waals surface area contributed by atoms with Crippen LogP contribution in [0.25, 0.3) is 17.1 Å². The van der Waals surface area contributed by atoms with Crippen molar-refractivity contribution >= 4 is 0 Å². The predicted molar refractivity (Wildman–Crippen MR) is 133 cm³/mol. The molecule has 7 heteroatoms. The van der Waals surface area contributed by atoms with Crippen molar-refractivity contribution in [3.63, 3.8) is 0 Å². The molecule has 0 fully saturated rings. The smallest absolute Gasteiger partial charge is 0.378 e. The summed E-state index contributed by atoms with van der Waals surface area (Å²) in [5, 5.41) is 7.64. The van der Waals surface area contributed by atoms with Crippen LogP contribution in [0.3, 0.4) is 0 Å². The number of alkyl halides is 3. The summed E-state index contributed by atoms with van der Waals surface area (Å²) in [6.07, 6.45) is 2.61. The van der Waals surface area contributed by atoms with Gasteiger partial charge in [0.05, 0.1) is 17.9 Å². The highest BCUT2D eigenvalue weighted by atomic mass is 19.4. The third kappa shape index (κ3) is 4.94. The number of aromatic nitrogens is 3. The van der Waals surface area contributed by atoms with Gasteiger partial charge in [0.1, 0.15) is 0 Å². The molecular formula is C28H29F3N4. The summed E-state index contributed by atoms with van der Waals surface area (Å²) in [7, 11) is 0. The summed E-state index contributed by atoms with van der Waals surface area (Å²) >= 11 is 0. The normalized spacial score (nSPS) is 16.4. The minimum absolute atomic E-state index is 0.0593. The Balaban J connectivity index is 1.75. The van der Waals surface area contributed by atoms with E-state index in [9.17, 15) is 13.2 Å². The maximum atomic E-state index is 13.7. The molecule has 1 N–H and O–H groups in total. The summed E-state index contributed by atoms with van der Waals surface area (Å²) in [5.74, 6) is 0.136. The molecule has 0 bridgehead atoms. The van der Waals surface area contributed by atoms with Gasteiger partial charge >= 0.3 is 6.18 Å². The van der Waals surface area contributed by atoms with E-state index < -0.39 is 11.9 Å². The Bertz CT molecular complexity index is 1330. The quantitative estimate of drug-likeness (QED) is 0.379. The highest BCUT2D eigenvalue weighted by molar-refractivity contribution is 5.68. The average molecular weight is 479 g/mol. The number of halogens is 3. The molecule has 2 heterocycles. The summed E-state index contributed by atoms with van der Waals surface area (Å²) in [6.45, 7) is 11.4. The molecule has 0 radical (unpaired) electrons. The zero-order valence-electron chi connectivity index (χ0n) is 20.4. The van der Waals surface area contributed by atoms with Gasteiger partial charge in [-0.2, -0.15) is 18.3 Å². The van der Waals surface area contributed by atoms with Gasteiger partial charge in [-0.25, -0.2) is 9.67 Å². The fourth-order valence-electron chi connectivity index (χ4n) is 4.75. The molecule has 4 nitrogen and oxygen atoms in total. The molecule has 1 aliphatic carbocycles. The first-order valence-corrected chi connectivity index (χ1v) is 11.6. The van der Waals surface area contributed by atoms with Crippen molar-refractivity contribution in [3.8, 4) is 17.1 Å². The first-order valence-electron chi connectivity index (χ1n) is 11.6. The van der Waals surface area contributed by atoms with Crippen molar-refractivity contribution in [2.75, 3.05) is 0 Å². The molecule has 35 heavy (non-hydrogen) atoms. The van der Waals surface area contributed by atoms with E-state index in [0.717, 1.165) is 45.5 Å². The number of rotatable bonds is 6. The third-order valence-corrected chi connectivity index (χ3v) is 6.20. The molecule has 1 aromatic carbocycles. The van der Waals surface area contributed by atoms with Gasteiger partial charge in [-0.3, -0.25) is 0 Å². The molecule has 0 saturated carbocycles. The van der Waals surface area contributed by atoms with Crippen molar-refractivity contribution in [3.05, 3.63) is 101 Å². The topological polar surface area (TPSA) is 42.7 Å². The van der Waals surface area contributed by atoms with Crippen molar-refractivity contribution in [2.45, 2.75) is 52.8 Å². The minimum Gasteiger partial charge on any atom is -0.378 e. The van der Waals surface area contributed by atoms with E-state index in [4.69, 9.17) is 0 Å². The van der Waals surface area contributed by atoms with Crippen molar-refractivity contribution in [2.24, 2.45) is 0 Å². The molecule has 4 rings (SSSR count). The lowest BCUT2D eigenvalue weighted by Crippen LogP contribution is -2.20. The summed E-state index contributed by atoms with van der Waals surface area (Å²) in [6, 6.07) is 11.2. The maximum Gasteiger partial charge on any atom is 0.433 e.